The van der Waals surface area contributed by atoms with Gasteiger partial charge in [-0.25, -0.2) is 0 Å². The molecule has 0 aliphatic heterocycles. The molecule has 1 aromatic rings. The van der Waals surface area contributed by atoms with Gasteiger partial charge < -0.3 is 10.4 Å². The minimum absolute atomic E-state index is 0.0417. The lowest BCUT2D eigenvalue weighted by molar-refractivity contribution is -0.384. The second-order valence-electron chi connectivity index (χ2n) is 4.31. The highest BCUT2D eigenvalue weighted by atomic mass is 19.4. The molecule has 0 aromatic heterocycles. The molecule has 1 aromatic carbocycles. The van der Waals surface area contributed by atoms with Crippen molar-refractivity contribution in [1.82, 2.24) is 0 Å². The fraction of sp³-hybridized carbons (Fsp3) is 0.500. The molecule has 1 atom stereocenters. The number of alkyl halides is 3. The lowest BCUT2D eigenvalue weighted by Gasteiger charge is -2.13. The average Bonchev–Trinajstić information content (AvgIpc) is 2.35. The van der Waals surface area contributed by atoms with Gasteiger partial charge in [-0.1, -0.05) is 13.3 Å². The van der Waals surface area contributed by atoms with Gasteiger partial charge in [-0.15, -0.1) is 0 Å². The van der Waals surface area contributed by atoms with E-state index in [9.17, 15) is 28.4 Å². The summed E-state index contributed by atoms with van der Waals surface area (Å²) in [4.78, 5) is 9.92. The Hall–Kier alpha value is -1.83. The zero-order valence-electron chi connectivity index (χ0n) is 10.8. The maximum atomic E-state index is 12.5. The Morgan fingerprint density at radius 3 is 2.60 bits per heavy atom. The van der Waals surface area contributed by atoms with Crippen molar-refractivity contribution in [3.63, 3.8) is 0 Å². The van der Waals surface area contributed by atoms with E-state index in [0.717, 1.165) is 18.6 Å². The number of hydrogen-bond acceptors (Lipinski definition) is 4. The zero-order valence-corrected chi connectivity index (χ0v) is 10.8. The van der Waals surface area contributed by atoms with Crippen LogP contribution in [0.3, 0.4) is 0 Å². The Morgan fingerprint density at radius 1 is 1.45 bits per heavy atom. The third-order valence-electron chi connectivity index (χ3n) is 2.67. The number of aliphatic hydroxyl groups excluding tert-OH is 1. The van der Waals surface area contributed by atoms with Gasteiger partial charge in [0.1, 0.15) is 5.69 Å². The maximum absolute atomic E-state index is 12.5. The van der Waals surface area contributed by atoms with E-state index in [4.69, 9.17) is 0 Å². The first-order valence-corrected chi connectivity index (χ1v) is 6.03. The minimum atomic E-state index is -4.63. The second kappa shape index (κ2) is 6.56. The van der Waals surface area contributed by atoms with Crippen LogP contribution in [0.1, 0.15) is 25.3 Å². The van der Waals surface area contributed by atoms with Crippen LogP contribution in [0.2, 0.25) is 0 Å². The highest BCUT2D eigenvalue weighted by molar-refractivity contribution is 5.63. The molecule has 0 amide bonds. The smallest absolute Gasteiger partial charge is 0.391 e. The molecule has 8 heteroatoms. The van der Waals surface area contributed by atoms with Crippen LogP contribution in [0.25, 0.3) is 0 Å². The SMILES string of the molecule is CCCC(O)CNc1ccc(C(F)(F)F)cc1[N+](=O)[O-]. The Morgan fingerprint density at radius 2 is 2.10 bits per heavy atom. The van der Waals surface area contributed by atoms with Gasteiger partial charge in [-0.05, 0) is 18.6 Å². The number of nitrogens with one attached hydrogen (secondary N) is 1. The Kier molecular flexibility index (Phi) is 5.32. The van der Waals surface area contributed by atoms with Gasteiger partial charge in [0.25, 0.3) is 5.69 Å². The number of hydrogen-bond donors (Lipinski definition) is 2. The first-order chi connectivity index (χ1) is 9.25. The molecular formula is C12H15F3N2O3. The minimum Gasteiger partial charge on any atom is -0.391 e. The molecule has 0 bridgehead atoms. The molecule has 0 heterocycles. The molecule has 0 spiro atoms. The fourth-order valence-corrected chi connectivity index (χ4v) is 1.67. The molecular weight excluding hydrogens is 277 g/mol. The summed E-state index contributed by atoms with van der Waals surface area (Å²) in [5.74, 6) is 0. The van der Waals surface area contributed by atoms with Gasteiger partial charge in [-0.2, -0.15) is 13.2 Å². The van der Waals surface area contributed by atoms with Crippen LogP contribution < -0.4 is 5.32 Å². The molecule has 0 saturated heterocycles. The zero-order chi connectivity index (χ0) is 15.3. The highest BCUT2D eigenvalue weighted by Crippen LogP contribution is 2.34. The summed E-state index contributed by atoms with van der Waals surface area (Å²) in [6.07, 6.45) is -4.10. The number of rotatable bonds is 6. The van der Waals surface area contributed by atoms with Crippen LogP contribution in [-0.4, -0.2) is 22.7 Å². The molecule has 20 heavy (non-hydrogen) atoms. The van der Waals surface area contributed by atoms with Crippen LogP contribution >= 0.6 is 0 Å². The summed E-state index contributed by atoms with van der Waals surface area (Å²) >= 11 is 0. The number of nitrogens with zero attached hydrogens (tertiary/aromatic N) is 1. The molecule has 1 unspecified atom stereocenters. The number of aliphatic hydroxyl groups is 1. The fourth-order valence-electron chi connectivity index (χ4n) is 1.67. The normalized spacial score (nSPS) is 13.1. The van der Waals surface area contributed by atoms with Crippen molar-refractivity contribution in [2.24, 2.45) is 0 Å². The summed E-state index contributed by atoms with van der Waals surface area (Å²) in [6.45, 7) is 1.91. The first kappa shape index (κ1) is 16.2. The van der Waals surface area contributed by atoms with Crippen LogP contribution in [0.5, 0.6) is 0 Å². The van der Waals surface area contributed by atoms with Crippen molar-refractivity contribution in [2.45, 2.75) is 32.0 Å². The van der Waals surface area contributed by atoms with Crippen LogP contribution in [0, 0.1) is 10.1 Å². The number of nitro groups is 1. The monoisotopic (exact) mass is 292 g/mol. The molecule has 0 aliphatic rings. The summed E-state index contributed by atoms with van der Waals surface area (Å²) in [6, 6.07) is 2.25. The van der Waals surface area contributed by atoms with Crippen molar-refractivity contribution in [3.05, 3.63) is 33.9 Å². The highest BCUT2D eigenvalue weighted by Gasteiger charge is 2.33. The maximum Gasteiger partial charge on any atom is 0.416 e. The molecule has 112 valence electrons. The summed E-state index contributed by atoms with van der Waals surface area (Å²) in [5.41, 5.74) is -1.79. The number of benzene rings is 1. The molecule has 1 rings (SSSR count). The summed E-state index contributed by atoms with van der Waals surface area (Å²) in [7, 11) is 0. The number of nitro benzene ring substituents is 1. The lowest BCUT2D eigenvalue weighted by atomic mass is 10.1. The van der Waals surface area contributed by atoms with Crippen molar-refractivity contribution in [3.8, 4) is 0 Å². The van der Waals surface area contributed by atoms with Crippen molar-refractivity contribution < 1.29 is 23.2 Å². The van der Waals surface area contributed by atoms with E-state index in [1.54, 1.807) is 0 Å². The molecule has 2 N–H and O–H groups in total. The van der Waals surface area contributed by atoms with E-state index >= 15 is 0 Å². The van der Waals surface area contributed by atoms with Gasteiger partial charge in [0.05, 0.1) is 16.6 Å². The first-order valence-electron chi connectivity index (χ1n) is 6.03. The number of anilines is 1. The van der Waals surface area contributed by atoms with E-state index in [0.29, 0.717) is 12.5 Å². The quantitative estimate of drug-likeness (QED) is 0.623. The van der Waals surface area contributed by atoms with Gasteiger partial charge >= 0.3 is 6.18 Å². The number of halogens is 3. The predicted octanol–water partition coefficient (Wildman–Crippen LogP) is 3.19. The van der Waals surface area contributed by atoms with Crippen LogP contribution in [0.15, 0.2) is 18.2 Å². The topological polar surface area (TPSA) is 75.4 Å². The molecule has 0 aliphatic carbocycles. The Balaban J connectivity index is 2.94. The summed E-state index contributed by atoms with van der Waals surface area (Å²) < 4.78 is 37.5. The van der Waals surface area contributed by atoms with Gasteiger partial charge in [0.2, 0.25) is 0 Å². The van der Waals surface area contributed by atoms with Gasteiger partial charge in [0.15, 0.2) is 0 Å². The average molecular weight is 292 g/mol. The second-order valence-corrected chi connectivity index (χ2v) is 4.31. The standard InChI is InChI=1S/C12H15F3N2O3/c1-2-3-9(18)7-16-10-5-4-8(12(13,14)15)6-11(10)17(19)20/h4-6,9,16,18H,2-3,7H2,1H3. The summed E-state index contributed by atoms with van der Waals surface area (Å²) in [5, 5.41) is 22.9. The predicted molar refractivity (Wildman–Crippen MR) is 67.5 cm³/mol. The van der Waals surface area contributed by atoms with E-state index in [2.05, 4.69) is 5.32 Å². The van der Waals surface area contributed by atoms with E-state index < -0.39 is 28.5 Å². The van der Waals surface area contributed by atoms with Crippen molar-refractivity contribution >= 4 is 11.4 Å². The van der Waals surface area contributed by atoms with Crippen molar-refractivity contribution in [1.29, 1.82) is 0 Å². The van der Waals surface area contributed by atoms with Crippen LogP contribution in [0.4, 0.5) is 24.5 Å². The van der Waals surface area contributed by atoms with Crippen molar-refractivity contribution in [2.75, 3.05) is 11.9 Å². The van der Waals surface area contributed by atoms with E-state index in [1.807, 2.05) is 6.92 Å². The molecule has 5 nitrogen and oxygen atoms in total. The molecule has 0 saturated carbocycles. The van der Waals surface area contributed by atoms with E-state index in [1.165, 1.54) is 0 Å². The van der Waals surface area contributed by atoms with Crippen LogP contribution in [-0.2, 0) is 6.18 Å². The van der Waals surface area contributed by atoms with Gasteiger partial charge in [0, 0.05) is 12.6 Å². The molecule has 0 fully saturated rings. The van der Waals surface area contributed by atoms with E-state index in [-0.39, 0.29) is 12.2 Å². The lowest BCUT2D eigenvalue weighted by Crippen LogP contribution is -2.19. The third kappa shape index (κ3) is 4.37. The van der Waals surface area contributed by atoms with Gasteiger partial charge in [-0.3, -0.25) is 10.1 Å². The molecule has 0 radical (unpaired) electrons. The third-order valence-corrected chi connectivity index (χ3v) is 2.67. The Bertz CT molecular complexity index is 478. The largest absolute Gasteiger partial charge is 0.416 e. The Labute approximate surface area is 113 Å².